The molecule has 2 aromatic rings. The number of rotatable bonds is 2. The Morgan fingerprint density at radius 1 is 1.16 bits per heavy atom. The monoisotopic (exact) mass is 247 g/mol. The normalized spacial score (nSPS) is 9.05. The van der Waals surface area contributed by atoms with Crippen molar-refractivity contribution in [1.29, 1.82) is 0 Å². The molecule has 0 aliphatic carbocycles. The van der Waals surface area contributed by atoms with E-state index in [1.54, 1.807) is 0 Å². The van der Waals surface area contributed by atoms with E-state index in [1.165, 1.54) is 0 Å². The molecule has 0 atom stereocenters. The zero-order chi connectivity index (χ0) is 13.5. The van der Waals surface area contributed by atoms with Crippen LogP contribution in [-0.4, -0.2) is 6.61 Å². The van der Waals surface area contributed by atoms with E-state index < -0.39 is 0 Å². The van der Waals surface area contributed by atoms with E-state index in [-0.39, 0.29) is 6.61 Å². The van der Waals surface area contributed by atoms with Crippen molar-refractivity contribution in [3.05, 3.63) is 71.1 Å². The van der Waals surface area contributed by atoms with Crippen LogP contribution in [0, 0.1) is 25.3 Å². The Balaban J connectivity index is 2.01. The summed E-state index contributed by atoms with van der Waals surface area (Å²) < 4.78 is 5.52. The second kappa shape index (κ2) is 6.28. The van der Waals surface area contributed by atoms with Crippen molar-refractivity contribution in [2.24, 2.45) is 0 Å². The summed E-state index contributed by atoms with van der Waals surface area (Å²) in [5.41, 5.74) is 2.54. The lowest BCUT2D eigenvalue weighted by Crippen LogP contribution is -1.94. The molecule has 0 aromatic heterocycles. The Hall–Kier alpha value is -2.71. The molecule has 2 nitrogen and oxygen atoms in total. The molecule has 0 aliphatic rings. The Kier molecular flexibility index (Phi) is 4.21. The number of hydrogen-bond donors (Lipinski definition) is 0. The fourth-order valence-corrected chi connectivity index (χ4v) is 1.61. The molecule has 2 aromatic carbocycles. The summed E-state index contributed by atoms with van der Waals surface area (Å²) >= 11 is 0. The zero-order valence-corrected chi connectivity index (χ0v) is 10.7. The van der Waals surface area contributed by atoms with Crippen LogP contribution in [0.25, 0.3) is 4.85 Å². The fourth-order valence-electron chi connectivity index (χ4n) is 1.61. The molecule has 0 unspecified atom stereocenters. The molecule has 0 N–H and O–H groups in total. The van der Waals surface area contributed by atoms with Gasteiger partial charge in [-0.3, -0.25) is 0 Å². The molecule has 0 radical (unpaired) electrons. The maximum Gasteiger partial charge on any atom is 0.228 e. The highest BCUT2D eigenvalue weighted by atomic mass is 16.5. The highest BCUT2D eigenvalue weighted by Crippen LogP contribution is 2.28. The minimum atomic E-state index is 0.278. The summed E-state index contributed by atoms with van der Waals surface area (Å²) in [5.74, 6) is 6.54. The molecule has 0 spiro atoms. The quantitative estimate of drug-likeness (QED) is 0.578. The van der Waals surface area contributed by atoms with E-state index in [4.69, 9.17) is 11.3 Å². The second-order valence-corrected chi connectivity index (χ2v) is 4.04. The number of aryl methyl sites for hydroxylation is 1. The molecular formula is C17H13NO. The van der Waals surface area contributed by atoms with Gasteiger partial charge in [-0.15, -0.1) is 0 Å². The van der Waals surface area contributed by atoms with Crippen molar-refractivity contribution >= 4 is 5.69 Å². The van der Waals surface area contributed by atoms with Gasteiger partial charge in [-0.1, -0.05) is 41.7 Å². The molecule has 2 heteroatoms. The third kappa shape index (κ3) is 3.63. The first-order valence-electron chi connectivity index (χ1n) is 5.94. The summed E-state index contributed by atoms with van der Waals surface area (Å²) in [7, 11) is 0. The van der Waals surface area contributed by atoms with Crippen LogP contribution in [0.3, 0.4) is 0 Å². The van der Waals surface area contributed by atoms with Crippen LogP contribution in [0.2, 0.25) is 0 Å². The van der Waals surface area contributed by atoms with Gasteiger partial charge in [-0.2, -0.15) is 0 Å². The summed E-state index contributed by atoms with van der Waals surface area (Å²) in [4.78, 5) is 3.45. The summed E-state index contributed by atoms with van der Waals surface area (Å²) in [6.45, 7) is 9.34. The molecule has 92 valence electrons. The van der Waals surface area contributed by atoms with Gasteiger partial charge in [-0.05, 0) is 31.2 Å². The first-order chi connectivity index (χ1) is 9.29. The molecular weight excluding hydrogens is 234 g/mol. The Morgan fingerprint density at radius 3 is 2.68 bits per heavy atom. The highest BCUT2D eigenvalue weighted by molar-refractivity contribution is 5.58. The first-order valence-corrected chi connectivity index (χ1v) is 5.94. The largest absolute Gasteiger partial charge is 0.492 e. The number of ether oxygens (including phenoxy) is 1. The van der Waals surface area contributed by atoms with Crippen LogP contribution >= 0.6 is 0 Å². The van der Waals surface area contributed by atoms with Gasteiger partial charge in [0.15, 0.2) is 0 Å². The Labute approximate surface area is 113 Å². The van der Waals surface area contributed by atoms with Crippen LogP contribution in [0.5, 0.6) is 5.75 Å². The molecule has 0 amide bonds. The minimum Gasteiger partial charge on any atom is -0.492 e. The van der Waals surface area contributed by atoms with Crippen molar-refractivity contribution < 1.29 is 4.74 Å². The lowest BCUT2D eigenvalue weighted by molar-refractivity contribution is 0.372. The average Bonchev–Trinajstić information content (AvgIpc) is 2.46. The molecule has 2 rings (SSSR count). The fraction of sp³-hybridized carbons (Fsp3) is 0.118. The first kappa shape index (κ1) is 12.7. The van der Waals surface area contributed by atoms with Crippen molar-refractivity contribution in [2.75, 3.05) is 6.61 Å². The topological polar surface area (TPSA) is 13.6 Å². The van der Waals surface area contributed by atoms with Crippen molar-refractivity contribution in [1.82, 2.24) is 0 Å². The van der Waals surface area contributed by atoms with E-state index in [0.717, 1.165) is 11.1 Å². The minimum absolute atomic E-state index is 0.278. The number of hydrogen-bond acceptors (Lipinski definition) is 1. The van der Waals surface area contributed by atoms with Crippen LogP contribution in [0.15, 0.2) is 48.5 Å². The molecule has 0 saturated carbocycles. The van der Waals surface area contributed by atoms with Crippen LogP contribution < -0.4 is 4.74 Å². The molecule has 0 fully saturated rings. The van der Waals surface area contributed by atoms with Crippen LogP contribution in [0.4, 0.5) is 5.69 Å². The summed E-state index contributed by atoms with van der Waals surface area (Å²) in [6.07, 6.45) is 0. The second-order valence-electron chi connectivity index (χ2n) is 4.04. The van der Waals surface area contributed by atoms with Gasteiger partial charge in [0.25, 0.3) is 0 Å². The zero-order valence-electron chi connectivity index (χ0n) is 10.7. The predicted molar refractivity (Wildman–Crippen MR) is 76.3 cm³/mol. The van der Waals surface area contributed by atoms with Crippen molar-refractivity contribution in [3.8, 4) is 17.6 Å². The lowest BCUT2D eigenvalue weighted by Gasteiger charge is -2.04. The Morgan fingerprint density at radius 2 is 1.95 bits per heavy atom. The smallest absolute Gasteiger partial charge is 0.228 e. The van der Waals surface area contributed by atoms with E-state index in [2.05, 4.69) is 16.7 Å². The number of benzene rings is 2. The lowest BCUT2D eigenvalue weighted by atomic mass is 10.2. The van der Waals surface area contributed by atoms with Gasteiger partial charge in [0, 0.05) is 5.56 Å². The van der Waals surface area contributed by atoms with Crippen LogP contribution in [0.1, 0.15) is 11.1 Å². The third-order valence-corrected chi connectivity index (χ3v) is 2.54. The van der Waals surface area contributed by atoms with Gasteiger partial charge in [0.2, 0.25) is 5.69 Å². The predicted octanol–water partition coefficient (Wildman–Crippen LogP) is 3.98. The molecule has 0 aliphatic heterocycles. The molecule has 19 heavy (non-hydrogen) atoms. The van der Waals surface area contributed by atoms with Crippen molar-refractivity contribution in [3.63, 3.8) is 0 Å². The van der Waals surface area contributed by atoms with E-state index in [0.29, 0.717) is 11.4 Å². The van der Waals surface area contributed by atoms with Gasteiger partial charge < -0.3 is 4.74 Å². The highest BCUT2D eigenvalue weighted by Gasteiger charge is 2.02. The summed E-state index contributed by atoms with van der Waals surface area (Å²) in [5, 5.41) is 0. The van der Waals surface area contributed by atoms with Crippen molar-refractivity contribution in [2.45, 2.75) is 6.92 Å². The molecule has 0 saturated heterocycles. The Bertz CT molecular complexity index is 657. The van der Waals surface area contributed by atoms with Gasteiger partial charge in [-0.25, -0.2) is 4.85 Å². The summed E-state index contributed by atoms with van der Waals surface area (Å²) in [6, 6.07) is 15.3. The number of nitrogens with zero attached hydrogens (tertiary/aromatic N) is 1. The maximum absolute atomic E-state index is 7.11. The molecule has 0 heterocycles. The van der Waals surface area contributed by atoms with Gasteiger partial charge >= 0.3 is 0 Å². The maximum atomic E-state index is 7.11. The van der Waals surface area contributed by atoms with E-state index >= 15 is 0 Å². The van der Waals surface area contributed by atoms with E-state index in [9.17, 15) is 0 Å². The SMILES string of the molecule is [C-]#[N+]c1cc(C)ccc1OCC#Cc1ccccc1. The van der Waals surface area contributed by atoms with Crippen LogP contribution in [-0.2, 0) is 0 Å². The van der Waals surface area contributed by atoms with E-state index in [1.807, 2.05) is 55.5 Å². The molecule has 0 bridgehead atoms. The third-order valence-electron chi connectivity index (χ3n) is 2.54. The standard InChI is InChI=1S/C17H13NO/c1-14-10-11-17(16(13-14)18-2)19-12-6-9-15-7-4-3-5-8-15/h3-5,7-8,10-11,13H,12H2,1H3. The van der Waals surface area contributed by atoms with Gasteiger partial charge in [0.1, 0.15) is 12.4 Å². The average molecular weight is 247 g/mol. The van der Waals surface area contributed by atoms with Gasteiger partial charge in [0.05, 0.1) is 6.57 Å².